The topological polar surface area (TPSA) is 41.1 Å². The third-order valence-electron chi connectivity index (χ3n) is 3.09. The largest absolute Gasteiger partial charge is 0.381 e. The van der Waals surface area contributed by atoms with Crippen LogP contribution in [-0.2, 0) is 6.54 Å². The van der Waals surface area contributed by atoms with Crippen molar-refractivity contribution in [2.75, 3.05) is 11.9 Å². The van der Waals surface area contributed by atoms with Gasteiger partial charge in [0.25, 0.3) is 5.91 Å². The summed E-state index contributed by atoms with van der Waals surface area (Å²) in [5, 5.41) is 6.19. The van der Waals surface area contributed by atoms with Crippen molar-refractivity contribution in [1.29, 1.82) is 0 Å². The van der Waals surface area contributed by atoms with Crippen LogP contribution in [0.3, 0.4) is 0 Å². The van der Waals surface area contributed by atoms with Crippen LogP contribution in [0.4, 0.5) is 5.69 Å². The number of benzene rings is 1. The first-order valence-electron chi connectivity index (χ1n) is 6.78. The molecular formula is C16H20N2OS. The van der Waals surface area contributed by atoms with Gasteiger partial charge in [0.1, 0.15) is 0 Å². The minimum absolute atomic E-state index is 0.0290. The molecule has 106 valence electrons. The van der Waals surface area contributed by atoms with Crippen LogP contribution in [0.5, 0.6) is 0 Å². The number of carbonyl (C=O) groups is 1. The Morgan fingerprint density at radius 2 is 2.05 bits per heavy atom. The van der Waals surface area contributed by atoms with Crippen molar-refractivity contribution in [3.05, 3.63) is 51.2 Å². The monoisotopic (exact) mass is 288 g/mol. The highest BCUT2D eigenvalue weighted by atomic mass is 32.1. The molecular weight excluding hydrogens is 268 g/mol. The van der Waals surface area contributed by atoms with Crippen LogP contribution in [0.2, 0.25) is 0 Å². The molecule has 0 saturated heterocycles. The molecule has 1 aromatic carbocycles. The summed E-state index contributed by atoms with van der Waals surface area (Å²) in [7, 11) is 0. The third-order valence-corrected chi connectivity index (χ3v) is 4.10. The van der Waals surface area contributed by atoms with E-state index in [9.17, 15) is 4.79 Å². The van der Waals surface area contributed by atoms with E-state index in [-0.39, 0.29) is 5.91 Å². The van der Waals surface area contributed by atoms with Crippen LogP contribution in [0.1, 0.15) is 32.6 Å². The van der Waals surface area contributed by atoms with E-state index < -0.39 is 0 Å². The van der Waals surface area contributed by atoms with Crippen molar-refractivity contribution in [3.8, 4) is 0 Å². The zero-order chi connectivity index (χ0) is 14.5. The predicted octanol–water partition coefficient (Wildman–Crippen LogP) is 3.73. The average Bonchev–Trinajstić information content (AvgIpc) is 2.75. The molecule has 2 N–H and O–H groups in total. The Labute approximate surface area is 124 Å². The maximum absolute atomic E-state index is 11.8. The first-order chi connectivity index (χ1) is 9.60. The minimum atomic E-state index is -0.0290. The molecule has 3 nitrogen and oxygen atoms in total. The van der Waals surface area contributed by atoms with Gasteiger partial charge in [-0.05, 0) is 50.6 Å². The Bertz CT molecular complexity index is 604. The first kappa shape index (κ1) is 14.6. The lowest BCUT2D eigenvalue weighted by Crippen LogP contribution is -2.22. The summed E-state index contributed by atoms with van der Waals surface area (Å²) < 4.78 is 0. The Balaban J connectivity index is 2.05. The molecule has 4 heteroatoms. The Hall–Kier alpha value is -1.81. The highest BCUT2D eigenvalue weighted by Crippen LogP contribution is 2.21. The number of hydrogen-bond donors (Lipinski definition) is 2. The van der Waals surface area contributed by atoms with Crippen LogP contribution in [0.15, 0.2) is 30.3 Å². The van der Waals surface area contributed by atoms with E-state index in [1.807, 2.05) is 42.5 Å². The highest BCUT2D eigenvalue weighted by molar-refractivity contribution is 7.12. The lowest BCUT2D eigenvalue weighted by Gasteiger charge is -2.08. The van der Waals surface area contributed by atoms with Gasteiger partial charge in [-0.1, -0.05) is 6.07 Å². The minimum Gasteiger partial charge on any atom is -0.381 e. The van der Waals surface area contributed by atoms with Crippen molar-refractivity contribution in [3.63, 3.8) is 0 Å². The summed E-state index contributed by atoms with van der Waals surface area (Å²) in [4.78, 5) is 14.5. The second kappa shape index (κ2) is 6.57. The number of nitrogens with one attached hydrogen (secondary N) is 2. The lowest BCUT2D eigenvalue weighted by molar-refractivity contribution is 0.0956. The fraction of sp³-hybridized carbons (Fsp3) is 0.312. The van der Waals surface area contributed by atoms with E-state index in [2.05, 4.69) is 30.5 Å². The normalized spacial score (nSPS) is 10.3. The Morgan fingerprint density at radius 1 is 1.25 bits per heavy atom. The molecule has 0 aliphatic rings. The molecule has 0 saturated carbocycles. The maximum atomic E-state index is 11.8. The molecule has 1 amide bonds. The average molecular weight is 288 g/mol. The van der Waals surface area contributed by atoms with Crippen LogP contribution in [0, 0.1) is 13.8 Å². The van der Waals surface area contributed by atoms with Gasteiger partial charge in [0.15, 0.2) is 0 Å². The number of carbonyl (C=O) groups excluding carboxylic acids is 1. The molecule has 1 heterocycles. The van der Waals surface area contributed by atoms with Gasteiger partial charge in [-0.3, -0.25) is 4.79 Å². The van der Waals surface area contributed by atoms with Gasteiger partial charge < -0.3 is 10.6 Å². The number of thiophene rings is 1. The number of anilines is 1. The molecule has 0 aliphatic heterocycles. The fourth-order valence-electron chi connectivity index (χ4n) is 2.09. The molecule has 2 rings (SSSR count). The van der Waals surface area contributed by atoms with Gasteiger partial charge in [0, 0.05) is 34.1 Å². The summed E-state index contributed by atoms with van der Waals surface area (Å²) in [5.74, 6) is -0.0290. The molecule has 0 fully saturated rings. The van der Waals surface area contributed by atoms with Gasteiger partial charge in [-0.15, -0.1) is 11.3 Å². The number of amides is 1. The molecule has 0 aliphatic carbocycles. The van der Waals surface area contributed by atoms with Crippen LogP contribution >= 0.6 is 11.3 Å². The Kier molecular flexibility index (Phi) is 4.79. The molecule has 1 aromatic heterocycles. The van der Waals surface area contributed by atoms with E-state index in [4.69, 9.17) is 0 Å². The molecule has 0 spiro atoms. The van der Waals surface area contributed by atoms with Crippen LogP contribution < -0.4 is 10.6 Å². The second-order valence-corrected chi connectivity index (χ2v) is 6.19. The molecule has 0 radical (unpaired) electrons. The van der Waals surface area contributed by atoms with Gasteiger partial charge >= 0.3 is 0 Å². The maximum Gasteiger partial charge on any atom is 0.251 e. The number of aryl methyl sites for hydroxylation is 2. The lowest BCUT2D eigenvalue weighted by atomic mass is 10.1. The van der Waals surface area contributed by atoms with Crippen LogP contribution in [0.25, 0.3) is 0 Å². The highest BCUT2D eigenvalue weighted by Gasteiger charge is 2.06. The van der Waals surface area contributed by atoms with E-state index in [1.165, 1.54) is 15.3 Å². The summed E-state index contributed by atoms with van der Waals surface area (Å²) in [6, 6.07) is 9.81. The van der Waals surface area contributed by atoms with Crippen molar-refractivity contribution in [2.24, 2.45) is 0 Å². The number of hydrogen-bond acceptors (Lipinski definition) is 3. The van der Waals surface area contributed by atoms with Gasteiger partial charge in [-0.25, -0.2) is 0 Å². The SMILES string of the molecule is CCNC(=O)c1cccc(NCc2cc(C)sc2C)c1. The van der Waals surface area contributed by atoms with Crippen molar-refractivity contribution >= 4 is 22.9 Å². The first-order valence-corrected chi connectivity index (χ1v) is 7.60. The zero-order valence-corrected chi connectivity index (χ0v) is 12.9. The molecule has 0 unspecified atom stereocenters. The summed E-state index contributed by atoms with van der Waals surface area (Å²) >= 11 is 1.81. The van der Waals surface area contributed by atoms with Crippen LogP contribution in [-0.4, -0.2) is 12.5 Å². The van der Waals surface area contributed by atoms with Gasteiger partial charge in [0.05, 0.1) is 0 Å². The van der Waals surface area contributed by atoms with E-state index >= 15 is 0 Å². The van der Waals surface area contributed by atoms with Crippen molar-refractivity contribution < 1.29 is 4.79 Å². The summed E-state index contributed by atoms with van der Waals surface area (Å²) in [6.07, 6.45) is 0. The molecule has 0 atom stereocenters. The third kappa shape index (κ3) is 3.61. The van der Waals surface area contributed by atoms with Crippen molar-refractivity contribution in [1.82, 2.24) is 5.32 Å². The summed E-state index contributed by atoms with van der Waals surface area (Å²) in [5.41, 5.74) is 2.97. The van der Waals surface area contributed by atoms with E-state index in [0.717, 1.165) is 12.2 Å². The van der Waals surface area contributed by atoms with Gasteiger partial charge in [-0.2, -0.15) is 0 Å². The van der Waals surface area contributed by atoms with E-state index in [1.54, 1.807) is 0 Å². The molecule has 20 heavy (non-hydrogen) atoms. The quantitative estimate of drug-likeness (QED) is 0.880. The Morgan fingerprint density at radius 3 is 2.70 bits per heavy atom. The standard InChI is InChI=1S/C16H20N2OS/c1-4-17-16(19)13-6-5-7-15(9-13)18-10-14-8-11(2)20-12(14)3/h5-9,18H,4,10H2,1-3H3,(H,17,19). The number of rotatable bonds is 5. The second-order valence-electron chi connectivity index (χ2n) is 4.73. The summed E-state index contributed by atoms with van der Waals surface area (Å²) in [6.45, 7) is 7.61. The molecule has 0 bridgehead atoms. The molecule has 2 aromatic rings. The van der Waals surface area contributed by atoms with E-state index in [0.29, 0.717) is 12.1 Å². The fourth-order valence-corrected chi connectivity index (χ4v) is 3.04. The van der Waals surface area contributed by atoms with Gasteiger partial charge in [0.2, 0.25) is 0 Å². The smallest absolute Gasteiger partial charge is 0.251 e. The zero-order valence-electron chi connectivity index (χ0n) is 12.1. The predicted molar refractivity (Wildman–Crippen MR) is 85.6 cm³/mol. The van der Waals surface area contributed by atoms with Crippen molar-refractivity contribution in [2.45, 2.75) is 27.3 Å².